The summed E-state index contributed by atoms with van der Waals surface area (Å²) in [6.07, 6.45) is 3.41. The van der Waals surface area contributed by atoms with E-state index in [-0.39, 0.29) is 0 Å². The molecule has 0 fully saturated rings. The van der Waals surface area contributed by atoms with Crippen LogP contribution >= 0.6 is 11.8 Å². The van der Waals surface area contributed by atoms with Crippen molar-refractivity contribution in [3.63, 3.8) is 0 Å². The molecule has 1 aromatic carbocycles. The molecule has 0 spiro atoms. The number of benzene rings is 1. The Labute approximate surface area is 125 Å². The van der Waals surface area contributed by atoms with Crippen LogP contribution in [0.4, 0.5) is 5.69 Å². The van der Waals surface area contributed by atoms with Gasteiger partial charge in [-0.2, -0.15) is 11.8 Å². The van der Waals surface area contributed by atoms with Crippen molar-refractivity contribution in [1.82, 2.24) is 14.8 Å². The lowest BCUT2D eigenvalue weighted by Crippen LogP contribution is -2.21. The molecule has 0 aliphatic carbocycles. The Morgan fingerprint density at radius 2 is 1.95 bits per heavy atom. The van der Waals surface area contributed by atoms with Crippen molar-refractivity contribution in [2.24, 2.45) is 0 Å². The molecule has 0 amide bonds. The van der Waals surface area contributed by atoms with Crippen molar-refractivity contribution in [2.75, 3.05) is 11.1 Å². The molecule has 5 heteroatoms. The van der Waals surface area contributed by atoms with Crippen LogP contribution in [0.25, 0.3) is 5.69 Å². The number of hydrogen-bond acceptors (Lipinski definition) is 4. The highest BCUT2D eigenvalue weighted by Gasteiger charge is 2.13. The van der Waals surface area contributed by atoms with Gasteiger partial charge in [-0.05, 0) is 25.1 Å². The van der Waals surface area contributed by atoms with E-state index in [1.807, 2.05) is 28.5 Å². The smallest absolute Gasteiger partial charge is 0.123 e. The fraction of sp³-hybridized carbons (Fsp3) is 0.467. The molecule has 0 saturated carbocycles. The minimum atomic E-state index is 0.306. The van der Waals surface area contributed by atoms with Gasteiger partial charge in [-0.1, -0.05) is 26.8 Å². The van der Waals surface area contributed by atoms with Crippen LogP contribution in [0.3, 0.4) is 0 Å². The molecule has 1 heterocycles. The number of nitrogens with one attached hydrogen (secondary N) is 1. The molecule has 1 atom stereocenters. The molecule has 0 bridgehead atoms. The zero-order valence-corrected chi connectivity index (χ0v) is 13.3. The summed E-state index contributed by atoms with van der Waals surface area (Å²) in [5, 5.41) is 11.2. The second kappa shape index (κ2) is 6.31. The molecule has 4 nitrogen and oxygen atoms in total. The highest BCUT2D eigenvalue weighted by Crippen LogP contribution is 2.24. The number of rotatable bonds is 5. The predicted molar refractivity (Wildman–Crippen MR) is 86.7 cm³/mol. The lowest BCUT2D eigenvalue weighted by molar-refractivity contribution is 0.794. The monoisotopic (exact) mass is 290 g/mol. The first-order chi connectivity index (χ1) is 9.44. The Balaban J connectivity index is 1.98. The Morgan fingerprint density at radius 3 is 2.60 bits per heavy atom. The average Bonchev–Trinajstić information content (AvgIpc) is 2.90. The number of hydrogen-bond donors (Lipinski definition) is 1. The average molecular weight is 290 g/mol. The third-order valence-corrected chi connectivity index (χ3v) is 4.28. The Bertz CT molecular complexity index is 531. The number of thioether (sulfide) groups is 1. The Kier molecular flexibility index (Phi) is 4.70. The standard InChI is InChI=1S/C15H22N4S/c1-12(9-20-15(2,3)4)18-13-6-5-7-14(8-13)19-10-16-17-11-19/h5-8,10-12,18H,9H2,1-4H3. The summed E-state index contributed by atoms with van der Waals surface area (Å²) in [7, 11) is 0. The van der Waals surface area contributed by atoms with Gasteiger partial charge in [0, 0.05) is 22.2 Å². The van der Waals surface area contributed by atoms with E-state index in [1.165, 1.54) is 0 Å². The molecule has 1 unspecified atom stereocenters. The first-order valence-corrected chi connectivity index (χ1v) is 7.78. The Hall–Kier alpha value is -1.49. The summed E-state index contributed by atoms with van der Waals surface area (Å²) in [5.74, 6) is 1.08. The van der Waals surface area contributed by atoms with Gasteiger partial charge in [0.2, 0.25) is 0 Å². The first-order valence-electron chi connectivity index (χ1n) is 6.79. The molecule has 0 aliphatic heterocycles. The summed E-state index contributed by atoms with van der Waals surface area (Å²) in [4.78, 5) is 0. The van der Waals surface area contributed by atoms with Crippen LogP contribution in [-0.2, 0) is 0 Å². The van der Waals surface area contributed by atoms with Crippen molar-refractivity contribution in [3.05, 3.63) is 36.9 Å². The van der Waals surface area contributed by atoms with Crippen molar-refractivity contribution in [3.8, 4) is 5.69 Å². The maximum atomic E-state index is 3.83. The maximum Gasteiger partial charge on any atom is 0.123 e. The van der Waals surface area contributed by atoms with Gasteiger partial charge in [-0.3, -0.25) is 4.57 Å². The predicted octanol–water partition coefficient (Wildman–Crippen LogP) is 3.60. The fourth-order valence-electron chi connectivity index (χ4n) is 1.79. The molecule has 0 saturated heterocycles. The molecule has 108 valence electrons. The SMILES string of the molecule is CC(CSC(C)(C)C)Nc1cccc(-n2cnnc2)c1. The molecular weight excluding hydrogens is 268 g/mol. The van der Waals surface area contributed by atoms with Crippen LogP contribution in [0, 0.1) is 0 Å². The second-order valence-corrected chi connectivity index (χ2v) is 7.73. The molecule has 2 aromatic rings. The number of aromatic nitrogens is 3. The van der Waals surface area contributed by atoms with Crippen LogP contribution in [0.15, 0.2) is 36.9 Å². The molecular formula is C15H22N4S. The molecule has 20 heavy (non-hydrogen) atoms. The van der Waals surface area contributed by atoms with E-state index in [1.54, 1.807) is 12.7 Å². The first kappa shape index (κ1) is 14.9. The lowest BCUT2D eigenvalue weighted by atomic mass is 10.2. The van der Waals surface area contributed by atoms with Crippen LogP contribution in [0.2, 0.25) is 0 Å². The summed E-state index contributed by atoms with van der Waals surface area (Å²) in [6, 6.07) is 8.72. The van der Waals surface area contributed by atoms with Crippen molar-refractivity contribution in [1.29, 1.82) is 0 Å². The largest absolute Gasteiger partial charge is 0.382 e. The van der Waals surface area contributed by atoms with E-state index < -0.39 is 0 Å². The highest BCUT2D eigenvalue weighted by molar-refractivity contribution is 8.00. The zero-order valence-electron chi connectivity index (χ0n) is 12.5. The summed E-state index contributed by atoms with van der Waals surface area (Å²) >= 11 is 1.98. The van der Waals surface area contributed by atoms with Crippen molar-refractivity contribution in [2.45, 2.75) is 38.5 Å². The quantitative estimate of drug-likeness (QED) is 0.913. The minimum absolute atomic E-state index is 0.306. The fourth-order valence-corrected chi connectivity index (χ4v) is 2.62. The van der Waals surface area contributed by atoms with Gasteiger partial charge >= 0.3 is 0 Å². The third-order valence-electron chi connectivity index (χ3n) is 2.74. The molecule has 1 N–H and O–H groups in total. The van der Waals surface area contributed by atoms with Crippen LogP contribution in [0.5, 0.6) is 0 Å². The summed E-state index contributed by atoms with van der Waals surface area (Å²) in [6.45, 7) is 8.95. The van der Waals surface area contributed by atoms with Gasteiger partial charge in [0.05, 0.1) is 5.69 Å². The van der Waals surface area contributed by atoms with Crippen LogP contribution < -0.4 is 5.32 Å². The van der Waals surface area contributed by atoms with Gasteiger partial charge in [0.15, 0.2) is 0 Å². The van der Waals surface area contributed by atoms with Crippen molar-refractivity contribution >= 4 is 17.4 Å². The third kappa shape index (κ3) is 4.56. The van der Waals surface area contributed by atoms with E-state index in [9.17, 15) is 0 Å². The van der Waals surface area contributed by atoms with E-state index in [2.05, 4.69) is 55.3 Å². The molecule has 0 radical (unpaired) electrons. The van der Waals surface area contributed by atoms with E-state index >= 15 is 0 Å². The Morgan fingerprint density at radius 1 is 1.25 bits per heavy atom. The van der Waals surface area contributed by atoms with Gasteiger partial charge < -0.3 is 5.32 Å². The maximum absolute atomic E-state index is 3.83. The van der Waals surface area contributed by atoms with Gasteiger partial charge in [-0.15, -0.1) is 10.2 Å². The molecule has 0 aliphatic rings. The normalized spacial score (nSPS) is 13.2. The highest BCUT2D eigenvalue weighted by atomic mass is 32.2. The van der Waals surface area contributed by atoms with Crippen LogP contribution in [-0.4, -0.2) is 31.3 Å². The van der Waals surface area contributed by atoms with Gasteiger partial charge in [-0.25, -0.2) is 0 Å². The topological polar surface area (TPSA) is 42.7 Å². The number of anilines is 1. The van der Waals surface area contributed by atoms with E-state index in [0.717, 1.165) is 17.1 Å². The number of nitrogens with zero attached hydrogens (tertiary/aromatic N) is 3. The molecule has 2 rings (SSSR count). The van der Waals surface area contributed by atoms with Crippen molar-refractivity contribution < 1.29 is 0 Å². The lowest BCUT2D eigenvalue weighted by Gasteiger charge is -2.22. The van der Waals surface area contributed by atoms with Crippen LogP contribution in [0.1, 0.15) is 27.7 Å². The molecule has 1 aromatic heterocycles. The summed E-state index contributed by atoms with van der Waals surface area (Å²) < 4.78 is 2.21. The zero-order chi connectivity index (χ0) is 14.6. The van der Waals surface area contributed by atoms with E-state index in [0.29, 0.717) is 10.8 Å². The summed E-state index contributed by atoms with van der Waals surface area (Å²) in [5.41, 5.74) is 2.19. The minimum Gasteiger partial charge on any atom is -0.382 e. The van der Waals surface area contributed by atoms with Gasteiger partial charge in [0.1, 0.15) is 12.7 Å². The van der Waals surface area contributed by atoms with E-state index in [4.69, 9.17) is 0 Å². The van der Waals surface area contributed by atoms with Gasteiger partial charge in [0.25, 0.3) is 0 Å². The second-order valence-electron chi connectivity index (χ2n) is 5.89.